The first-order valence-electron chi connectivity index (χ1n) is 5.51. The molecule has 2 rings (SSSR count). The van der Waals surface area contributed by atoms with E-state index in [4.69, 9.17) is 5.11 Å². The van der Waals surface area contributed by atoms with Crippen LogP contribution in [0.3, 0.4) is 0 Å². The third-order valence-electron chi connectivity index (χ3n) is 2.22. The van der Waals surface area contributed by atoms with E-state index >= 15 is 0 Å². The van der Waals surface area contributed by atoms with Crippen LogP contribution in [0, 0.1) is 0 Å². The maximum atomic E-state index is 10.5. The van der Waals surface area contributed by atoms with Gasteiger partial charge in [0.15, 0.2) is 5.13 Å². The van der Waals surface area contributed by atoms with Crippen LogP contribution >= 0.6 is 22.7 Å². The van der Waals surface area contributed by atoms with Gasteiger partial charge in [-0.25, -0.2) is 9.97 Å². The Morgan fingerprint density at radius 2 is 2.39 bits per heavy atom. The van der Waals surface area contributed by atoms with E-state index in [0.717, 1.165) is 16.6 Å². The third kappa shape index (κ3) is 3.51. The summed E-state index contributed by atoms with van der Waals surface area (Å²) in [7, 11) is 0. The van der Waals surface area contributed by atoms with E-state index < -0.39 is 5.97 Å². The molecule has 96 valence electrons. The summed E-state index contributed by atoms with van der Waals surface area (Å²) in [5, 5.41) is 15.3. The number of carboxylic acids is 1. The molecule has 0 unspecified atom stereocenters. The number of aryl methyl sites for hydroxylation is 1. The van der Waals surface area contributed by atoms with Gasteiger partial charge in [0.25, 0.3) is 0 Å². The number of nitrogens with one attached hydrogen (secondary N) is 1. The quantitative estimate of drug-likeness (QED) is 0.851. The highest BCUT2D eigenvalue weighted by atomic mass is 32.1. The molecule has 2 heterocycles. The Balaban J connectivity index is 1.89. The van der Waals surface area contributed by atoms with E-state index in [1.807, 2.05) is 6.20 Å². The summed E-state index contributed by atoms with van der Waals surface area (Å²) in [6.45, 7) is 2.73. The molecular formula is C11H13N3O2S2. The standard InChI is InChI=1S/C11H13N3O2S2/c1-2-8-4-12-9(18-8)5-13-11-14-7(6-17-11)3-10(15)16/h4,6H,2-3,5H2,1H3,(H,13,14)(H,15,16). The zero-order chi connectivity index (χ0) is 13.0. The van der Waals surface area contributed by atoms with Crippen molar-refractivity contribution in [3.05, 3.63) is 27.2 Å². The van der Waals surface area contributed by atoms with Gasteiger partial charge in [0, 0.05) is 16.5 Å². The van der Waals surface area contributed by atoms with Gasteiger partial charge in [0.2, 0.25) is 0 Å². The monoisotopic (exact) mass is 283 g/mol. The lowest BCUT2D eigenvalue weighted by Crippen LogP contribution is -2.01. The van der Waals surface area contributed by atoms with Crippen molar-refractivity contribution in [1.29, 1.82) is 0 Å². The normalized spacial score (nSPS) is 10.5. The summed E-state index contributed by atoms with van der Waals surface area (Å²) in [5.41, 5.74) is 0.586. The van der Waals surface area contributed by atoms with Crippen LogP contribution < -0.4 is 5.32 Å². The lowest BCUT2D eigenvalue weighted by atomic mass is 10.3. The number of carbonyl (C=O) groups is 1. The van der Waals surface area contributed by atoms with Crippen molar-refractivity contribution in [2.45, 2.75) is 26.3 Å². The van der Waals surface area contributed by atoms with E-state index in [1.54, 1.807) is 16.7 Å². The molecule has 0 saturated carbocycles. The predicted molar refractivity (Wildman–Crippen MR) is 72.3 cm³/mol. The molecule has 2 N–H and O–H groups in total. The smallest absolute Gasteiger partial charge is 0.309 e. The van der Waals surface area contributed by atoms with E-state index in [9.17, 15) is 4.79 Å². The molecule has 0 aliphatic rings. The number of hydrogen-bond acceptors (Lipinski definition) is 6. The van der Waals surface area contributed by atoms with Crippen molar-refractivity contribution in [2.75, 3.05) is 5.32 Å². The van der Waals surface area contributed by atoms with Gasteiger partial charge in [-0.1, -0.05) is 6.92 Å². The number of anilines is 1. The van der Waals surface area contributed by atoms with E-state index in [2.05, 4.69) is 22.2 Å². The van der Waals surface area contributed by atoms with Crippen LogP contribution in [0.2, 0.25) is 0 Å². The van der Waals surface area contributed by atoms with Crippen molar-refractivity contribution >= 4 is 33.8 Å². The molecule has 18 heavy (non-hydrogen) atoms. The Labute approximate surface area is 113 Å². The minimum atomic E-state index is -0.862. The molecule has 0 aliphatic carbocycles. The largest absolute Gasteiger partial charge is 0.481 e. The fraction of sp³-hybridized carbons (Fsp3) is 0.364. The van der Waals surface area contributed by atoms with Crippen molar-refractivity contribution in [3.63, 3.8) is 0 Å². The summed E-state index contributed by atoms with van der Waals surface area (Å²) in [6, 6.07) is 0. The van der Waals surface area contributed by atoms with Crippen molar-refractivity contribution in [3.8, 4) is 0 Å². The van der Waals surface area contributed by atoms with Crippen LogP contribution in [0.15, 0.2) is 11.6 Å². The van der Waals surface area contributed by atoms with Crippen molar-refractivity contribution in [1.82, 2.24) is 9.97 Å². The molecule has 0 spiro atoms. The Bertz CT molecular complexity index is 536. The minimum absolute atomic E-state index is 0.0323. The Kier molecular flexibility index (Phi) is 4.27. The first kappa shape index (κ1) is 13.0. The third-order valence-corrected chi connectivity index (χ3v) is 4.22. The number of rotatable bonds is 6. The Hall–Kier alpha value is -1.47. The zero-order valence-electron chi connectivity index (χ0n) is 9.84. The fourth-order valence-electron chi connectivity index (χ4n) is 1.37. The number of nitrogens with zero attached hydrogens (tertiary/aromatic N) is 2. The molecule has 0 atom stereocenters. The first-order valence-corrected chi connectivity index (χ1v) is 7.20. The topological polar surface area (TPSA) is 75.1 Å². The van der Waals surface area contributed by atoms with E-state index in [-0.39, 0.29) is 6.42 Å². The molecule has 7 heteroatoms. The lowest BCUT2D eigenvalue weighted by molar-refractivity contribution is -0.136. The van der Waals surface area contributed by atoms with Crippen LogP contribution in [-0.2, 0) is 24.2 Å². The summed E-state index contributed by atoms with van der Waals surface area (Å²) < 4.78 is 0. The molecule has 0 aromatic carbocycles. The molecule has 0 aliphatic heterocycles. The van der Waals surface area contributed by atoms with Crippen LogP contribution in [0.1, 0.15) is 22.5 Å². The van der Waals surface area contributed by atoms with Crippen LogP contribution in [0.25, 0.3) is 0 Å². The number of hydrogen-bond donors (Lipinski definition) is 2. The average molecular weight is 283 g/mol. The second kappa shape index (κ2) is 5.92. The molecule has 0 bridgehead atoms. The second-order valence-corrected chi connectivity index (χ2v) is 5.70. The highest BCUT2D eigenvalue weighted by Gasteiger charge is 2.06. The highest BCUT2D eigenvalue weighted by Crippen LogP contribution is 2.19. The maximum absolute atomic E-state index is 10.5. The molecule has 2 aromatic rings. The van der Waals surface area contributed by atoms with Gasteiger partial charge in [-0.2, -0.15) is 0 Å². The van der Waals surface area contributed by atoms with Gasteiger partial charge in [-0.05, 0) is 6.42 Å². The first-order chi connectivity index (χ1) is 8.67. The summed E-state index contributed by atoms with van der Waals surface area (Å²) >= 11 is 3.09. The molecule has 0 saturated heterocycles. The van der Waals surface area contributed by atoms with Gasteiger partial charge in [-0.15, -0.1) is 22.7 Å². The number of carboxylic acid groups (broad SMARTS) is 1. The fourth-order valence-corrected chi connectivity index (χ4v) is 2.88. The van der Waals surface area contributed by atoms with Gasteiger partial charge in [-0.3, -0.25) is 4.79 Å². The van der Waals surface area contributed by atoms with Gasteiger partial charge < -0.3 is 10.4 Å². The number of aromatic nitrogens is 2. The zero-order valence-corrected chi connectivity index (χ0v) is 11.5. The predicted octanol–water partition coefficient (Wildman–Crippen LogP) is 2.40. The second-order valence-electron chi connectivity index (χ2n) is 3.64. The average Bonchev–Trinajstić information content (AvgIpc) is 2.94. The SMILES string of the molecule is CCc1cnc(CNc2nc(CC(=O)O)cs2)s1. The molecule has 2 aromatic heterocycles. The van der Waals surface area contributed by atoms with Crippen LogP contribution in [-0.4, -0.2) is 21.0 Å². The minimum Gasteiger partial charge on any atom is -0.481 e. The molecule has 0 amide bonds. The van der Waals surface area contributed by atoms with E-state index in [0.29, 0.717) is 12.2 Å². The van der Waals surface area contributed by atoms with Gasteiger partial charge in [0.05, 0.1) is 18.7 Å². The maximum Gasteiger partial charge on any atom is 0.309 e. The molecule has 0 radical (unpaired) electrons. The number of aliphatic carboxylic acids is 1. The summed E-state index contributed by atoms with van der Waals surface area (Å²) in [6.07, 6.45) is 2.85. The highest BCUT2D eigenvalue weighted by molar-refractivity contribution is 7.13. The van der Waals surface area contributed by atoms with Crippen molar-refractivity contribution in [2.24, 2.45) is 0 Å². The number of thiazole rings is 2. The Morgan fingerprint density at radius 1 is 1.56 bits per heavy atom. The van der Waals surface area contributed by atoms with Crippen LogP contribution in [0.5, 0.6) is 0 Å². The molecule has 5 nitrogen and oxygen atoms in total. The summed E-state index contributed by atoms with van der Waals surface area (Å²) in [4.78, 5) is 20.3. The van der Waals surface area contributed by atoms with Gasteiger partial charge in [0.1, 0.15) is 5.01 Å². The van der Waals surface area contributed by atoms with Crippen molar-refractivity contribution < 1.29 is 9.90 Å². The van der Waals surface area contributed by atoms with E-state index in [1.165, 1.54) is 16.2 Å². The summed E-state index contributed by atoms with van der Waals surface area (Å²) in [5.74, 6) is -0.862. The van der Waals surface area contributed by atoms with Gasteiger partial charge >= 0.3 is 5.97 Å². The molecular weight excluding hydrogens is 270 g/mol. The Morgan fingerprint density at radius 3 is 3.06 bits per heavy atom. The molecule has 0 fully saturated rings. The van der Waals surface area contributed by atoms with Crippen LogP contribution in [0.4, 0.5) is 5.13 Å². The lowest BCUT2D eigenvalue weighted by Gasteiger charge is -1.97.